The Morgan fingerprint density at radius 1 is 1.25 bits per heavy atom. The molecule has 32 heavy (non-hydrogen) atoms. The Labute approximate surface area is 199 Å². The monoisotopic (exact) mass is 469 g/mol. The number of carbonyl (C=O) groups is 1. The maximum atomic E-state index is 12.4. The largest absolute Gasteiger partial charge is 0.396 e. The van der Waals surface area contributed by atoms with Crippen molar-refractivity contribution >= 4 is 17.7 Å². The number of rotatable bonds is 12. The fraction of sp³-hybridized carbons (Fsp3) is 0.840. The van der Waals surface area contributed by atoms with Gasteiger partial charge in [0.25, 0.3) is 5.91 Å². The molecule has 1 aromatic rings. The molecule has 0 spiro atoms. The van der Waals surface area contributed by atoms with Gasteiger partial charge in [-0.1, -0.05) is 52.1 Å². The summed E-state index contributed by atoms with van der Waals surface area (Å²) in [6.07, 6.45) is 13.3. The quantitative estimate of drug-likeness (QED) is 0.389. The van der Waals surface area contributed by atoms with Gasteiger partial charge >= 0.3 is 0 Å². The van der Waals surface area contributed by atoms with Gasteiger partial charge in [-0.05, 0) is 56.6 Å². The van der Waals surface area contributed by atoms with Crippen LogP contribution in [-0.4, -0.2) is 46.4 Å². The maximum Gasteiger partial charge on any atom is 0.273 e. The van der Waals surface area contributed by atoms with E-state index in [-0.39, 0.29) is 24.5 Å². The third-order valence-electron chi connectivity index (χ3n) is 6.26. The smallest absolute Gasteiger partial charge is 0.273 e. The molecule has 0 aliphatic heterocycles. The first-order valence-corrected chi connectivity index (χ1v) is 13.8. The molecule has 7 heteroatoms. The Morgan fingerprint density at radius 2 is 1.91 bits per heavy atom. The van der Waals surface area contributed by atoms with Crippen LogP contribution in [0.4, 0.5) is 0 Å². The van der Waals surface area contributed by atoms with Crippen LogP contribution in [0.15, 0.2) is 10.6 Å². The molecule has 6 nitrogen and oxygen atoms in total. The van der Waals surface area contributed by atoms with Crippen molar-refractivity contribution in [3.05, 3.63) is 17.5 Å². The first-order valence-electron chi connectivity index (χ1n) is 12.5. The second-order valence-corrected chi connectivity index (χ2v) is 10.6. The lowest BCUT2D eigenvalue weighted by atomic mass is 9.91. The van der Waals surface area contributed by atoms with Gasteiger partial charge in [0.2, 0.25) is 0 Å². The molecule has 1 aromatic heterocycles. The van der Waals surface area contributed by atoms with Gasteiger partial charge in [-0.15, -0.1) is 0 Å². The van der Waals surface area contributed by atoms with Crippen molar-refractivity contribution in [1.82, 2.24) is 10.5 Å². The highest BCUT2D eigenvalue weighted by molar-refractivity contribution is 7.99. The molecule has 186 valence electrons. The number of aryl methyl sites for hydroxylation is 1. The fourth-order valence-electron chi connectivity index (χ4n) is 4.10. The van der Waals surface area contributed by atoms with Crippen molar-refractivity contribution in [2.24, 2.45) is 17.6 Å². The minimum Gasteiger partial charge on any atom is -0.396 e. The number of aliphatic hydroxyl groups is 1. The van der Waals surface area contributed by atoms with Crippen LogP contribution in [0.3, 0.4) is 0 Å². The summed E-state index contributed by atoms with van der Waals surface area (Å²) in [6, 6.07) is 2.26. The molecular weight excluding hydrogens is 422 g/mol. The zero-order valence-corrected chi connectivity index (χ0v) is 21.8. The van der Waals surface area contributed by atoms with Crippen LogP contribution < -0.4 is 11.1 Å². The van der Waals surface area contributed by atoms with Gasteiger partial charge in [0, 0.05) is 36.4 Å². The van der Waals surface area contributed by atoms with E-state index in [1.165, 1.54) is 44.9 Å². The summed E-state index contributed by atoms with van der Waals surface area (Å²) in [5.74, 6) is 1.25. The Bertz CT molecular complexity index is 617. The molecule has 1 fully saturated rings. The summed E-state index contributed by atoms with van der Waals surface area (Å²) in [5.41, 5.74) is 6.08. The molecular formula is C25H47N3O3S. The van der Waals surface area contributed by atoms with Gasteiger partial charge in [-0.3, -0.25) is 4.79 Å². The minimum absolute atomic E-state index is 0.0540. The first-order chi connectivity index (χ1) is 15.3. The molecule has 1 unspecified atom stereocenters. The standard InChI is InChI=1S/C18H32N2O3.C7H15NS/c1-5-7-8-13(3)9-15(10-14(4)12-21)19-18(22)17-11-16(6-2)23-20-17;1-9-7-4-2-6(8)3-5-7/h11,13-15,21H,5-10,12H2,1-4H3,(H,19,22);6-7H,2-5,8H2,1H3/t13?,14-,15-;/m1./s1. The highest BCUT2D eigenvalue weighted by Gasteiger charge is 2.21. The van der Waals surface area contributed by atoms with Crippen molar-refractivity contribution in [1.29, 1.82) is 0 Å². The number of unbranched alkanes of at least 4 members (excludes halogenated alkanes) is 1. The van der Waals surface area contributed by atoms with Crippen molar-refractivity contribution in [2.45, 2.75) is 109 Å². The van der Waals surface area contributed by atoms with E-state index in [1.54, 1.807) is 6.07 Å². The summed E-state index contributed by atoms with van der Waals surface area (Å²) in [6.45, 7) is 8.52. The number of carbonyl (C=O) groups excluding carboxylic acids is 1. The molecule has 0 saturated heterocycles. The zero-order valence-electron chi connectivity index (χ0n) is 20.9. The number of hydrogen-bond donors (Lipinski definition) is 3. The first kappa shape index (κ1) is 29.0. The summed E-state index contributed by atoms with van der Waals surface area (Å²) < 4.78 is 5.10. The second kappa shape index (κ2) is 16.5. The van der Waals surface area contributed by atoms with Crippen LogP contribution >= 0.6 is 11.8 Å². The van der Waals surface area contributed by atoms with Crippen LogP contribution in [-0.2, 0) is 6.42 Å². The van der Waals surface area contributed by atoms with Crippen molar-refractivity contribution in [3.63, 3.8) is 0 Å². The van der Waals surface area contributed by atoms with Crippen molar-refractivity contribution in [3.8, 4) is 0 Å². The number of nitrogens with zero attached hydrogens (tertiary/aromatic N) is 1. The van der Waals surface area contributed by atoms with E-state index < -0.39 is 0 Å². The molecule has 1 saturated carbocycles. The van der Waals surface area contributed by atoms with E-state index in [1.807, 2.05) is 25.6 Å². The number of nitrogens with one attached hydrogen (secondary N) is 1. The second-order valence-electron chi connectivity index (χ2n) is 9.48. The lowest BCUT2D eigenvalue weighted by molar-refractivity contribution is 0.0910. The summed E-state index contributed by atoms with van der Waals surface area (Å²) in [4.78, 5) is 12.4. The summed E-state index contributed by atoms with van der Waals surface area (Å²) >= 11 is 1.99. The summed E-state index contributed by atoms with van der Waals surface area (Å²) in [5, 5.41) is 17.1. The van der Waals surface area contributed by atoms with Crippen LogP contribution in [0.1, 0.15) is 102 Å². The van der Waals surface area contributed by atoms with Crippen LogP contribution in [0, 0.1) is 11.8 Å². The third kappa shape index (κ3) is 11.7. The maximum absolute atomic E-state index is 12.4. The predicted molar refractivity (Wildman–Crippen MR) is 135 cm³/mol. The minimum atomic E-state index is -0.189. The molecule has 1 heterocycles. The number of hydrogen-bond acceptors (Lipinski definition) is 6. The van der Waals surface area contributed by atoms with Gasteiger partial charge < -0.3 is 20.7 Å². The Balaban J connectivity index is 0.000000471. The van der Waals surface area contributed by atoms with Gasteiger partial charge in [0.15, 0.2) is 5.69 Å². The van der Waals surface area contributed by atoms with E-state index in [4.69, 9.17) is 10.3 Å². The number of aliphatic hydroxyl groups excluding tert-OH is 1. The van der Waals surface area contributed by atoms with E-state index >= 15 is 0 Å². The molecule has 3 atom stereocenters. The molecule has 1 aliphatic rings. The predicted octanol–water partition coefficient (Wildman–Crippen LogP) is 5.19. The lowest BCUT2D eigenvalue weighted by Crippen LogP contribution is -2.37. The number of aromatic nitrogens is 1. The van der Waals surface area contributed by atoms with E-state index in [0.717, 1.165) is 24.5 Å². The highest BCUT2D eigenvalue weighted by Crippen LogP contribution is 2.25. The van der Waals surface area contributed by atoms with Gasteiger partial charge in [0.05, 0.1) is 0 Å². The molecule has 4 N–H and O–H groups in total. The number of amides is 1. The normalized spacial score (nSPS) is 21.2. The third-order valence-corrected chi connectivity index (χ3v) is 7.40. The molecule has 0 aromatic carbocycles. The van der Waals surface area contributed by atoms with E-state index in [2.05, 4.69) is 30.6 Å². The van der Waals surface area contributed by atoms with E-state index in [9.17, 15) is 9.90 Å². The molecule has 1 amide bonds. The molecule has 0 radical (unpaired) electrons. The number of thioether (sulfide) groups is 1. The Morgan fingerprint density at radius 3 is 2.44 bits per heavy atom. The van der Waals surface area contributed by atoms with Gasteiger partial charge in [0.1, 0.15) is 5.76 Å². The van der Waals surface area contributed by atoms with Crippen LogP contribution in [0.5, 0.6) is 0 Å². The van der Waals surface area contributed by atoms with Crippen LogP contribution in [0.25, 0.3) is 0 Å². The SMILES string of the molecule is CCCCC(C)C[C@H](C[C@@H](C)CO)NC(=O)c1cc(CC)on1.CSC1CCC(N)CC1. The number of nitrogens with two attached hydrogens (primary N) is 1. The zero-order chi connectivity index (χ0) is 23.9. The fourth-order valence-corrected chi connectivity index (χ4v) is 4.84. The molecule has 2 rings (SSSR count). The van der Waals surface area contributed by atoms with E-state index in [0.29, 0.717) is 23.4 Å². The van der Waals surface area contributed by atoms with Crippen molar-refractivity contribution < 1.29 is 14.4 Å². The van der Waals surface area contributed by atoms with Gasteiger partial charge in [-0.25, -0.2) is 0 Å². The Kier molecular flexibility index (Phi) is 15.0. The van der Waals surface area contributed by atoms with Gasteiger partial charge in [-0.2, -0.15) is 11.8 Å². The molecule has 1 aliphatic carbocycles. The lowest BCUT2D eigenvalue weighted by Gasteiger charge is -2.24. The van der Waals surface area contributed by atoms with Crippen LogP contribution in [0.2, 0.25) is 0 Å². The average Bonchev–Trinajstić information content (AvgIpc) is 3.28. The molecule has 0 bridgehead atoms. The summed E-state index contributed by atoms with van der Waals surface area (Å²) in [7, 11) is 0. The average molecular weight is 470 g/mol. The highest BCUT2D eigenvalue weighted by atomic mass is 32.2. The topological polar surface area (TPSA) is 101 Å². The van der Waals surface area contributed by atoms with Crippen molar-refractivity contribution in [2.75, 3.05) is 12.9 Å². The Hall–Kier alpha value is -1.05.